The molecule has 1 aromatic carbocycles. The van der Waals surface area contributed by atoms with E-state index in [4.69, 9.17) is 0 Å². The SMILES string of the molecule is CC(C)n1ncnc1CC(O)c1cccc2ncccc12. The summed E-state index contributed by atoms with van der Waals surface area (Å²) in [5.41, 5.74) is 1.76. The number of benzene rings is 1. The molecule has 0 spiro atoms. The maximum absolute atomic E-state index is 10.6. The Balaban J connectivity index is 1.94. The summed E-state index contributed by atoms with van der Waals surface area (Å²) in [5, 5.41) is 15.8. The first-order valence-corrected chi connectivity index (χ1v) is 7.07. The highest BCUT2D eigenvalue weighted by molar-refractivity contribution is 5.82. The minimum atomic E-state index is -0.625. The molecule has 2 heterocycles. The molecule has 0 aliphatic carbocycles. The zero-order valence-corrected chi connectivity index (χ0v) is 12.1. The number of hydrogen-bond donors (Lipinski definition) is 1. The van der Waals surface area contributed by atoms with Crippen molar-refractivity contribution in [2.45, 2.75) is 32.4 Å². The highest BCUT2D eigenvalue weighted by atomic mass is 16.3. The normalized spacial score (nSPS) is 13.0. The van der Waals surface area contributed by atoms with E-state index >= 15 is 0 Å². The fraction of sp³-hybridized carbons (Fsp3) is 0.312. The van der Waals surface area contributed by atoms with Crippen LogP contribution in [0.1, 0.15) is 37.4 Å². The molecule has 1 N–H and O–H groups in total. The third kappa shape index (κ3) is 2.64. The van der Waals surface area contributed by atoms with Gasteiger partial charge >= 0.3 is 0 Å². The zero-order valence-electron chi connectivity index (χ0n) is 12.1. The molecule has 0 aliphatic heterocycles. The number of pyridine rings is 1. The van der Waals surface area contributed by atoms with Crippen molar-refractivity contribution in [1.82, 2.24) is 19.7 Å². The molecule has 5 nitrogen and oxygen atoms in total. The summed E-state index contributed by atoms with van der Waals surface area (Å²) in [6, 6.07) is 9.89. The second-order valence-corrected chi connectivity index (χ2v) is 5.35. The van der Waals surface area contributed by atoms with Gasteiger partial charge in [0.05, 0.1) is 11.6 Å². The van der Waals surface area contributed by atoms with Gasteiger partial charge in [-0.3, -0.25) is 4.98 Å². The predicted octanol–water partition coefficient (Wildman–Crippen LogP) is 2.68. The van der Waals surface area contributed by atoms with E-state index in [1.165, 1.54) is 6.33 Å². The van der Waals surface area contributed by atoms with Crippen molar-refractivity contribution in [2.24, 2.45) is 0 Å². The standard InChI is InChI=1S/C16H18N4O/c1-11(2)20-16(18-10-19-20)9-15(21)13-5-3-7-14-12(13)6-4-8-17-14/h3-8,10-11,15,21H,9H2,1-2H3. The van der Waals surface area contributed by atoms with E-state index in [1.54, 1.807) is 6.20 Å². The first kappa shape index (κ1) is 13.7. The van der Waals surface area contributed by atoms with Crippen molar-refractivity contribution < 1.29 is 5.11 Å². The zero-order chi connectivity index (χ0) is 14.8. The van der Waals surface area contributed by atoms with Crippen LogP contribution < -0.4 is 0 Å². The van der Waals surface area contributed by atoms with Gasteiger partial charge in [-0.15, -0.1) is 0 Å². The van der Waals surface area contributed by atoms with Crippen molar-refractivity contribution >= 4 is 10.9 Å². The average Bonchev–Trinajstić information content (AvgIpc) is 2.95. The summed E-state index contributed by atoms with van der Waals surface area (Å²) < 4.78 is 1.84. The molecule has 0 bridgehead atoms. The second-order valence-electron chi connectivity index (χ2n) is 5.35. The molecule has 0 radical (unpaired) electrons. The van der Waals surface area contributed by atoms with Crippen molar-refractivity contribution in [2.75, 3.05) is 0 Å². The highest BCUT2D eigenvalue weighted by Gasteiger charge is 2.16. The van der Waals surface area contributed by atoms with Gasteiger partial charge in [-0.25, -0.2) is 9.67 Å². The van der Waals surface area contributed by atoms with Gasteiger partial charge in [-0.05, 0) is 31.5 Å². The summed E-state index contributed by atoms with van der Waals surface area (Å²) in [5.74, 6) is 0.790. The summed E-state index contributed by atoms with van der Waals surface area (Å²) in [6.07, 6.45) is 3.10. The fourth-order valence-corrected chi connectivity index (χ4v) is 2.55. The average molecular weight is 282 g/mol. The van der Waals surface area contributed by atoms with Crippen LogP contribution in [0.25, 0.3) is 10.9 Å². The summed E-state index contributed by atoms with van der Waals surface area (Å²) in [6.45, 7) is 4.10. The van der Waals surface area contributed by atoms with Crippen molar-refractivity contribution in [3.63, 3.8) is 0 Å². The first-order valence-electron chi connectivity index (χ1n) is 7.07. The smallest absolute Gasteiger partial charge is 0.138 e. The lowest BCUT2D eigenvalue weighted by Crippen LogP contribution is -2.12. The number of hydrogen-bond acceptors (Lipinski definition) is 4. The van der Waals surface area contributed by atoms with Gasteiger partial charge in [0.25, 0.3) is 0 Å². The third-order valence-electron chi connectivity index (χ3n) is 3.55. The van der Waals surface area contributed by atoms with Crippen LogP contribution >= 0.6 is 0 Å². The lowest BCUT2D eigenvalue weighted by molar-refractivity contribution is 0.175. The van der Waals surface area contributed by atoms with Gasteiger partial charge < -0.3 is 5.11 Å². The molecule has 2 aromatic heterocycles. The largest absolute Gasteiger partial charge is 0.388 e. The quantitative estimate of drug-likeness (QED) is 0.799. The van der Waals surface area contributed by atoms with Gasteiger partial charge in [0.1, 0.15) is 12.2 Å². The molecule has 3 rings (SSSR count). The monoisotopic (exact) mass is 282 g/mol. The number of rotatable bonds is 4. The van der Waals surface area contributed by atoms with E-state index in [0.717, 1.165) is 22.3 Å². The van der Waals surface area contributed by atoms with E-state index in [0.29, 0.717) is 6.42 Å². The van der Waals surface area contributed by atoms with E-state index in [1.807, 2.05) is 48.9 Å². The number of nitrogens with zero attached hydrogens (tertiary/aromatic N) is 4. The highest BCUT2D eigenvalue weighted by Crippen LogP contribution is 2.25. The third-order valence-corrected chi connectivity index (χ3v) is 3.55. The molecule has 0 fully saturated rings. The van der Waals surface area contributed by atoms with Gasteiger partial charge in [-0.1, -0.05) is 18.2 Å². The summed E-state index contributed by atoms with van der Waals surface area (Å²) in [4.78, 5) is 8.58. The van der Waals surface area contributed by atoms with Gasteiger partial charge in [-0.2, -0.15) is 5.10 Å². The Morgan fingerprint density at radius 2 is 2.00 bits per heavy atom. The molecule has 0 saturated carbocycles. The first-order chi connectivity index (χ1) is 10.2. The van der Waals surface area contributed by atoms with Crippen LogP contribution in [0.4, 0.5) is 0 Å². The molecular formula is C16H18N4O. The van der Waals surface area contributed by atoms with Crippen LogP contribution in [0.3, 0.4) is 0 Å². The van der Waals surface area contributed by atoms with Gasteiger partial charge in [0.15, 0.2) is 0 Å². The minimum Gasteiger partial charge on any atom is -0.388 e. The van der Waals surface area contributed by atoms with Crippen LogP contribution in [0.2, 0.25) is 0 Å². The molecular weight excluding hydrogens is 264 g/mol. The lowest BCUT2D eigenvalue weighted by atomic mass is 10.0. The van der Waals surface area contributed by atoms with Gasteiger partial charge in [0, 0.05) is 24.0 Å². The van der Waals surface area contributed by atoms with E-state index in [2.05, 4.69) is 15.1 Å². The van der Waals surface area contributed by atoms with Crippen molar-refractivity contribution in [3.05, 3.63) is 54.2 Å². The van der Waals surface area contributed by atoms with Crippen LogP contribution in [0, 0.1) is 0 Å². The Kier molecular flexibility index (Phi) is 3.66. The molecule has 1 atom stereocenters. The molecule has 108 valence electrons. The number of aliphatic hydroxyl groups is 1. The maximum Gasteiger partial charge on any atom is 0.138 e. The topological polar surface area (TPSA) is 63.8 Å². The fourth-order valence-electron chi connectivity index (χ4n) is 2.55. The van der Waals surface area contributed by atoms with E-state index < -0.39 is 6.10 Å². The molecule has 5 heteroatoms. The maximum atomic E-state index is 10.6. The summed E-state index contributed by atoms with van der Waals surface area (Å²) >= 11 is 0. The van der Waals surface area contributed by atoms with Crippen molar-refractivity contribution in [3.8, 4) is 0 Å². The second kappa shape index (κ2) is 5.61. The molecule has 0 amide bonds. The number of aromatic nitrogens is 4. The van der Waals surface area contributed by atoms with Crippen LogP contribution in [0.5, 0.6) is 0 Å². The Hall–Kier alpha value is -2.27. The number of fused-ring (bicyclic) bond motifs is 1. The minimum absolute atomic E-state index is 0.226. The van der Waals surface area contributed by atoms with Crippen LogP contribution in [-0.4, -0.2) is 24.9 Å². The lowest BCUT2D eigenvalue weighted by Gasteiger charge is -2.15. The van der Waals surface area contributed by atoms with Crippen LogP contribution in [-0.2, 0) is 6.42 Å². The molecule has 1 unspecified atom stereocenters. The van der Waals surface area contributed by atoms with Gasteiger partial charge in [0.2, 0.25) is 0 Å². The Bertz CT molecular complexity index is 745. The molecule has 0 aliphatic rings. The Labute approximate surface area is 123 Å². The molecule has 0 saturated heterocycles. The van der Waals surface area contributed by atoms with E-state index in [-0.39, 0.29) is 6.04 Å². The predicted molar refractivity (Wildman–Crippen MR) is 80.8 cm³/mol. The molecule has 21 heavy (non-hydrogen) atoms. The Morgan fingerprint density at radius 1 is 1.14 bits per heavy atom. The van der Waals surface area contributed by atoms with Crippen LogP contribution in [0.15, 0.2) is 42.9 Å². The summed E-state index contributed by atoms with van der Waals surface area (Å²) in [7, 11) is 0. The Morgan fingerprint density at radius 3 is 2.81 bits per heavy atom. The number of aliphatic hydroxyl groups excluding tert-OH is 1. The molecule has 3 aromatic rings. The van der Waals surface area contributed by atoms with Crippen molar-refractivity contribution in [1.29, 1.82) is 0 Å². The van der Waals surface area contributed by atoms with E-state index in [9.17, 15) is 5.11 Å².